The summed E-state index contributed by atoms with van der Waals surface area (Å²) in [6, 6.07) is 0. The Labute approximate surface area is 250 Å². The van der Waals surface area contributed by atoms with E-state index in [0.717, 1.165) is 51.4 Å². The first kappa shape index (κ1) is 38.9. The predicted octanol–water partition coefficient (Wildman–Crippen LogP) is 11.8. The van der Waals surface area contributed by atoms with Gasteiger partial charge >= 0.3 is 11.9 Å². The van der Waals surface area contributed by atoms with Crippen molar-refractivity contribution in [1.29, 1.82) is 0 Å². The Hall–Kier alpha value is -1.06. The Kier molecular flexibility index (Phi) is 33.2. The third-order valence-electron chi connectivity index (χ3n) is 8.03. The van der Waals surface area contributed by atoms with Crippen molar-refractivity contribution in [2.45, 2.75) is 206 Å². The van der Waals surface area contributed by atoms with E-state index < -0.39 is 0 Å². The van der Waals surface area contributed by atoms with E-state index in [4.69, 9.17) is 9.47 Å². The SMILES string of the molecule is CCCCCCCCCCCC(=O)OCCCCCCCCCCCCOC(=O)CCCCCCCCCCC. The molecule has 0 fully saturated rings. The highest BCUT2D eigenvalue weighted by atomic mass is 16.5. The van der Waals surface area contributed by atoms with Crippen LogP contribution in [0.2, 0.25) is 0 Å². The van der Waals surface area contributed by atoms with Crippen LogP contribution in [0.15, 0.2) is 0 Å². The summed E-state index contributed by atoms with van der Waals surface area (Å²) in [6.07, 6.45) is 36.2. The zero-order chi connectivity index (χ0) is 29.2. The third kappa shape index (κ3) is 33.1. The van der Waals surface area contributed by atoms with E-state index in [1.807, 2.05) is 0 Å². The van der Waals surface area contributed by atoms with Crippen LogP contribution in [0.1, 0.15) is 206 Å². The van der Waals surface area contributed by atoms with Gasteiger partial charge in [-0.15, -0.1) is 0 Å². The molecule has 0 aromatic heterocycles. The first-order valence-corrected chi connectivity index (χ1v) is 18.0. The maximum absolute atomic E-state index is 11.8. The van der Waals surface area contributed by atoms with Crippen LogP contribution in [0.25, 0.3) is 0 Å². The fourth-order valence-corrected chi connectivity index (χ4v) is 5.29. The highest BCUT2D eigenvalue weighted by Crippen LogP contribution is 2.13. The molecule has 0 aromatic rings. The van der Waals surface area contributed by atoms with Gasteiger partial charge in [0.25, 0.3) is 0 Å². The molecule has 0 amide bonds. The summed E-state index contributed by atoms with van der Waals surface area (Å²) in [5, 5.41) is 0. The van der Waals surface area contributed by atoms with Gasteiger partial charge in [0.05, 0.1) is 13.2 Å². The van der Waals surface area contributed by atoms with Gasteiger partial charge in [0.2, 0.25) is 0 Å². The number of esters is 2. The fourth-order valence-electron chi connectivity index (χ4n) is 5.29. The number of rotatable bonds is 33. The van der Waals surface area contributed by atoms with Crippen LogP contribution < -0.4 is 0 Å². The van der Waals surface area contributed by atoms with Crippen LogP contribution in [-0.2, 0) is 19.1 Å². The predicted molar refractivity (Wildman–Crippen MR) is 172 cm³/mol. The number of ether oxygens (including phenoxy) is 2. The molecular weight excluding hydrogens is 496 g/mol. The normalized spacial score (nSPS) is 11.2. The van der Waals surface area contributed by atoms with Gasteiger partial charge < -0.3 is 9.47 Å². The van der Waals surface area contributed by atoms with Crippen molar-refractivity contribution in [3.63, 3.8) is 0 Å². The van der Waals surface area contributed by atoms with Crippen molar-refractivity contribution < 1.29 is 19.1 Å². The lowest BCUT2D eigenvalue weighted by Gasteiger charge is -2.06. The van der Waals surface area contributed by atoms with Crippen molar-refractivity contribution in [2.75, 3.05) is 13.2 Å². The van der Waals surface area contributed by atoms with Crippen LogP contribution in [0.5, 0.6) is 0 Å². The Bertz CT molecular complexity index is 473. The van der Waals surface area contributed by atoms with E-state index in [1.165, 1.54) is 128 Å². The van der Waals surface area contributed by atoms with Crippen molar-refractivity contribution in [2.24, 2.45) is 0 Å². The van der Waals surface area contributed by atoms with Gasteiger partial charge in [0, 0.05) is 12.8 Å². The molecule has 0 aliphatic carbocycles. The van der Waals surface area contributed by atoms with E-state index in [0.29, 0.717) is 26.1 Å². The molecule has 0 spiro atoms. The molecule has 0 aliphatic rings. The summed E-state index contributed by atoms with van der Waals surface area (Å²) in [7, 11) is 0. The number of hydrogen-bond donors (Lipinski definition) is 0. The lowest BCUT2D eigenvalue weighted by molar-refractivity contribution is -0.144. The van der Waals surface area contributed by atoms with E-state index in [9.17, 15) is 9.59 Å². The van der Waals surface area contributed by atoms with Crippen LogP contribution in [0.4, 0.5) is 0 Å². The minimum Gasteiger partial charge on any atom is -0.466 e. The highest BCUT2D eigenvalue weighted by Gasteiger charge is 2.04. The molecular formula is C36H70O4. The van der Waals surface area contributed by atoms with Crippen molar-refractivity contribution >= 4 is 11.9 Å². The lowest BCUT2D eigenvalue weighted by atomic mass is 10.1. The summed E-state index contributed by atoms with van der Waals surface area (Å²) in [5.74, 6) is -0.00645. The summed E-state index contributed by atoms with van der Waals surface area (Å²) in [4.78, 5) is 23.7. The molecule has 0 heterocycles. The Morgan fingerprint density at radius 1 is 0.325 bits per heavy atom. The van der Waals surface area contributed by atoms with Crippen molar-refractivity contribution in [3.05, 3.63) is 0 Å². The molecule has 4 nitrogen and oxygen atoms in total. The number of hydrogen-bond acceptors (Lipinski definition) is 4. The van der Waals surface area contributed by atoms with Gasteiger partial charge in [-0.1, -0.05) is 168 Å². The average Bonchev–Trinajstić information content (AvgIpc) is 2.95. The fraction of sp³-hybridized carbons (Fsp3) is 0.944. The summed E-state index contributed by atoms with van der Waals surface area (Å²) in [5.41, 5.74) is 0. The smallest absolute Gasteiger partial charge is 0.305 e. The minimum absolute atomic E-state index is 0.00323. The Morgan fingerprint density at radius 3 is 0.825 bits per heavy atom. The molecule has 238 valence electrons. The molecule has 40 heavy (non-hydrogen) atoms. The largest absolute Gasteiger partial charge is 0.466 e. The molecule has 4 heteroatoms. The van der Waals surface area contributed by atoms with Gasteiger partial charge in [-0.05, 0) is 25.7 Å². The Balaban J connectivity index is 3.21. The van der Waals surface area contributed by atoms with Gasteiger partial charge in [0.15, 0.2) is 0 Å². The minimum atomic E-state index is -0.00323. The molecule has 0 bridgehead atoms. The van der Waals surface area contributed by atoms with E-state index in [-0.39, 0.29) is 11.9 Å². The summed E-state index contributed by atoms with van der Waals surface area (Å²) >= 11 is 0. The zero-order valence-corrected chi connectivity index (χ0v) is 27.3. The highest BCUT2D eigenvalue weighted by molar-refractivity contribution is 5.69. The molecule has 0 unspecified atom stereocenters. The molecule has 0 saturated heterocycles. The molecule has 0 aromatic carbocycles. The summed E-state index contributed by atoms with van der Waals surface area (Å²) < 4.78 is 10.8. The van der Waals surface area contributed by atoms with Crippen molar-refractivity contribution in [1.82, 2.24) is 0 Å². The lowest BCUT2D eigenvalue weighted by Crippen LogP contribution is -2.05. The molecule has 0 saturated carbocycles. The van der Waals surface area contributed by atoms with E-state index >= 15 is 0 Å². The molecule has 0 atom stereocenters. The second-order valence-electron chi connectivity index (χ2n) is 12.1. The molecule has 0 aliphatic heterocycles. The van der Waals surface area contributed by atoms with Gasteiger partial charge in [-0.25, -0.2) is 0 Å². The molecule has 0 radical (unpaired) electrons. The van der Waals surface area contributed by atoms with Crippen LogP contribution >= 0.6 is 0 Å². The number of carbonyl (C=O) groups excluding carboxylic acids is 2. The van der Waals surface area contributed by atoms with Crippen molar-refractivity contribution in [3.8, 4) is 0 Å². The quantitative estimate of drug-likeness (QED) is 0.0585. The maximum Gasteiger partial charge on any atom is 0.305 e. The maximum atomic E-state index is 11.8. The van der Waals surface area contributed by atoms with Crippen LogP contribution in [-0.4, -0.2) is 25.2 Å². The topological polar surface area (TPSA) is 52.6 Å². The van der Waals surface area contributed by atoms with Crippen LogP contribution in [0, 0.1) is 0 Å². The second kappa shape index (κ2) is 34.1. The number of carbonyl (C=O) groups is 2. The molecule has 0 N–H and O–H groups in total. The van der Waals surface area contributed by atoms with Gasteiger partial charge in [-0.3, -0.25) is 9.59 Å². The van der Waals surface area contributed by atoms with Crippen LogP contribution in [0.3, 0.4) is 0 Å². The zero-order valence-electron chi connectivity index (χ0n) is 27.3. The van der Waals surface area contributed by atoms with E-state index in [2.05, 4.69) is 13.8 Å². The van der Waals surface area contributed by atoms with E-state index in [1.54, 1.807) is 0 Å². The monoisotopic (exact) mass is 567 g/mol. The standard InChI is InChI=1S/C36H70O4/c1-3-5-7-9-11-15-19-23-27-31-35(37)39-33-29-25-21-17-13-14-18-22-26-30-34-40-36(38)32-28-24-20-16-12-10-8-6-4-2/h3-34H2,1-2H3. The first-order valence-electron chi connectivity index (χ1n) is 18.0. The van der Waals surface area contributed by atoms with Gasteiger partial charge in [0.1, 0.15) is 0 Å². The summed E-state index contributed by atoms with van der Waals surface area (Å²) in [6.45, 7) is 5.71. The molecule has 0 rings (SSSR count). The third-order valence-corrected chi connectivity index (χ3v) is 8.03. The number of unbranched alkanes of at least 4 members (excludes halogenated alkanes) is 25. The first-order chi connectivity index (χ1) is 19.7. The second-order valence-corrected chi connectivity index (χ2v) is 12.1. The van der Waals surface area contributed by atoms with Gasteiger partial charge in [-0.2, -0.15) is 0 Å². The Morgan fingerprint density at radius 2 is 0.550 bits per heavy atom. The average molecular weight is 567 g/mol.